The van der Waals surface area contributed by atoms with E-state index < -0.39 is 0 Å². The minimum absolute atomic E-state index is 0.0950. The maximum absolute atomic E-state index is 12.1. The van der Waals surface area contributed by atoms with Crippen LogP contribution >= 0.6 is 11.3 Å². The summed E-state index contributed by atoms with van der Waals surface area (Å²) in [6, 6.07) is 12.3. The third kappa shape index (κ3) is 3.67. The van der Waals surface area contributed by atoms with E-state index in [0.717, 1.165) is 11.3 Å². The topological polar surface area (TPSA) is 29.1 Å². The number of rotatable bonds is 5. The molecule has 0 aliphatic rings. The predicted molar refractivity (Wildman–Crippen MR) is 80.4 cm³/mol. The minimum atomic E-state index is 0.0950. The molecule has 2 rings (SSSR count). The molecule has 3 heteroatoms. The lowest BCUT2D eigenvalue weighted by Crippen LogP contribution is -2.29. The van der Waals surface area contributed by atoms with Gasteiger partial charge in [-0.15, -0.1) is 11.3 Å². The maximum atomic E-state index is 12.1. The summed E-state index contributed by atoms with van der Waals surface area (Å²) in [4.78, 5) is 13.2. The quantitative estimate of drug-likeness (QED) is 0.880. The molecule has 1 atom stereocenters. The van der Waals surface area contributed by atoms with Crippen molar-refractivity contribution in [3.8, 4) is 0 Å². The minimum Gasteiger partial charge on any atom is -0.349 e. The number of carbonyl (C=O) groups excluding carboxylic acids is 1. The molecular weight excluding hydrogens is 254 g/mol. The zero-order chi connectivity index (χ0) is 13.7. The van der Waals surface area contributed by atoms with Gasteiger partial charge >= 0.3 is 0 Å². The largest absolute Gasteiger partial charge is 0.349 e. The van der Waals surface area contributed by atoms with Crippen LogP contribution in [0.3, 0.4) is 0 Å². The third-order valence-electron chi connectivity index (χ3n) is 3.22. The van der Waals surface area contributed by atoms with Crippen molar-refractivity contribution < 1.29 is 4.79 Å². The molecule has 1 aromatic heterocycles. The highest BCUT2D eigenvalue weighted by Gasteiger charge is 2.14. The van der Waals surface area contributed by atoms with E-state index in [0.29, 0.717) is 6.42 Å². The summed E-state index contributed by atoms with van der Waals surface area (Å²) >= 11 is 1.62. The molecule has 0 aliphatic carbocycles. The lowest BCUT2D eigenvalue weighted by molar-refractivity contribution is -0.121. The van der Waals surface area contributed by atoms with E-state index in [4.69, 9.17) is 0 Å². The number of thiophene rings is 1. The number of nitrogens with one attached hydrogen (secondary N) is 1. The zero-order valence-corrected chi connectivity index (χ0v) is 12.2. The van der Waals surface area contributed by atoms with Gasteiger partial charge in [0.1, 0.15) is 0 Å². The van der Waals surface area contributed by atoms with E-state index in [1.165, 1.54) is 11.1 Å². The maximum Gasteiger partial charge on any atom is 0.225 e. The van der Waals surface area contributed by atoms with Crippen LogP contribution in [0, 0.1) is 6.92 Å². The van der Waals surface area contributed by atoms with E-state index in [9.17, 15) is 4.79 Å². The number of hydrogen-bond acceptors (Lipinski definition) is 2. The van der Waals surface area contributed by atoms with Crippen LogP contribution < -0.4 is 5.32 Å². The number of hydrogen-bond donors (Lipinski definition) is 1. The van der Waals surface area contributed by atoms with Crippen molar-refractivity contribution in [3.05, 3.63) is 57.8 Å². The smallest absolute Gasteiger partial charge is 0.225 e. The first kappa shape index (κ1) is 13.8. The van der Waals surface area contributed by atoms with Gasteiger partial charge in [-0.3, -0.25) is 4.79 Å². The van der Waals surface area contributed by atoms with Crippen LogP contribution in [0.1, 0.15) is 35.4 Å². The Kier molecular flexibility index (Phi) is 4.74. The Hall–Kier alpha value is -1.61. The van der Waals surface area contributed by atoms with Gasteiger partial charge in [-0.25, -0.2) is 0 Å². The van der Waals surface area contributed by atoms with E-state index in [1.54, 1.807) is 11.3 Å². The monoisotopic (exact) mass is 273 g/mol. The Morgan fingerprint density at radius 1 is 1.26 bits per heavy atom. The zero-order valence-electron chi connectivity index (χ0n) is 11.3. The molecule has 0 radical (unpaired) electrons. The van der Waals surface area contributed by atoms with Crippen LogP contribution in [0.15, 0.2) is 41.8 Å². The molecule has 100 valence electrons. The molecule has 2 nitrogen and oxygen atoms in total. The van der Waals surface area contributed by atoms with Gasteiger partial charge < -0.3 is 5.32 Å². The first-order valence-corrected chi connectivity index (χ1v) is 7.46. The molecule has 0 spiro atoms. The summed E-state index contributed by atoms with van der Waals surface area (Å²) in [5.41, 5.74) is 2.44. The molecule has 1 amide bonds. The average Bonchev–Trinajstić information content (AvgIpc) is 2.89. The van der Waals surface area contributed by atoms with Gasteiger partial charge in [0, 0.05) is 4.88 Å². The second kappa shape index (κ2) is 6.53. The fourth-order valence-electron chi connectivity index (χ4n) is 2.19. The van der Waals surface area contributed by atoms with Crippen LogP contribution in [-0.4, -0.2) is 5.91 Å². The van der Waals surface area contributed by atoms with Crippen molar-refractivity contribution in [2.75, 3.05) is 0 Å². The molecule has 1 heterocycles. The number of aryl methyl sites for hydroxylation is 1. The SMILES string of the molecule is CCC(NC(=O)Cc1cccs1)c1ccccc1C. The summed E-state index contributed by atoms with van der Waals surface area (Å²) < 4.78 is 0. The molecule has 19 heavy (non-hydrogen) atoms. The Morgan fingerprint density at radius 3 is 2.68 bits per heavy atom. The van der Waals surface area contributed by atoms with Gasteiger partial charge in [0.15, 0.2) is 0 Å². The molecule has 1 N–H and O–H groups in total. The molecule has 0 fully saturated rings. The Balaban J connectivity index is 2.03. The van der Waals surface area contributed by atoms with Crippen LogP contribution in [0.5, 0.6) is 0 Å². The van der Waals surface area contributed by atoms with Crippen LogP contribution in [0.25, 0.3) is 0 Å². The summed E-state index contributed by atoms with van der Waals surface area (Å²) in [6.07, 6.45) is 1.38. The number of carbonyl (C=O) groups is 1. The molecule has 2 aromatic rings. The van der Waals surface area contributed by atoms with E-state index in [2.05, 4.69) is 31.3 Å². The first-order valence-electron chi connectivity index (χ1n) is 6.58. The lowest BCUT2D eigenvalue weighted by atomic mass is 9.99. The molecule has 0 saturated carbocycles. The standard InChI is InChI=1S/C16H19NOS/c1-3-15(14-9-5-4-7-12(14)2)17-16(18)11-13-8-6-10-19-13/h4-10,15H,3,11H2,1-2H3,(H,17,18). The van der Waals surface area contributed by atoms with Gasteiger partial charge in [-0.2, -0.15) is 0 Å². The van der Waals surface area contributed by atoms with E-state index in [1.807, 2.05) is 29.6 Å². The van der Waals surface area contributed by atoms with Crippen molar-refractivity contribution in [2.45, 2.75) is 32.7 Å². The summed E-state index contributed by atoms with van der Waals surface area (Å²) in [5, 5.41) is 5.13. The van der Waals surface area contributed by atoms with Crippen molar-refractivity contribution in [3.63, 3.8) is 0 Å². The molecular formula is C16H19NOS. The summed E-state index contributed by atoms with van der Waals surface area (Å²) in [6.45, 7) is 4.19. The Bertz CT molecular complexity index is 533. The lowest BCUT2D eigenvalue weighted by Gasteiger charge is -2.19. The molecule has 1 aromatic carbocycles. The van der Waals surface area contributed by atoms with E-state index >= 15 is 0 Å². The normalized spacial score (nSPS) is 12.1. The second-order valence-electron chi connectivity index (χ2n) is 4.64. The van der Waals surface area contributed by atoms with Gasteiger partial charge in [0.2, 0.25) is 5.91 Å². The summed E-state index contributed by atoms with van der Waals surface area (Å²) in [5.74, 6) is 0.0950. The molecule has 0 saturated heterocycles. The summed E-state index contributed by atoms with van der Waals surface area (Å²) in [7, 11) is 0. The van der Waals surface area contributed by atoms with Gasteiger partial charge in [0.25, 0.3) is 0 Å². The Morgan fingerprint density at radius 2 is 2.05 bits per heavy atom. The van der Waals surface area contributed by atoms with Gasteiger partial charge in [-0.05, 0) is 35.9 Å². The second-order valence-corrected chi connectivity index (χ2v) is 5.67. The van der Waals surface area contributed by atoms with Crippen LogP contribution in [-0.2, 0) is 11.2 Å². The Labute approximate surface area is 118 Å². The van der Waals surface area contributed by atoms with Gasteiger partial charge in [-0.1, -0.05) is 37.3 Å². The van der Waals surface area contributed by atoms with Crippen molar-refractivity contribution in [2.24, 2.45) is 0 Å². The van der Waals surface area contributed by atoms with Gasteiger partial charge in [0.05, 0.1) is 12.5 Å². The fraction of sp³-hybridized carbons (Fsp3) is 0.312. The average molecular weight is 273 g/mol. The number of amides is 1. The van der Waals surface area contributed by atoms with Crippen molar-refractivity contribution in [1.29, 1.82) is 0 Å². The molecule has 1 unspecified atom stereocenters. The highest BCUT2D eigenvalue weighted by Crippen LogP contribution is 2.20. The predicted octanol–water partition coefficient (Wildman–Crippen LogP) is 3.87. The molecule has 0 bridgehead atoms. The third-order valence-corrected chi connectivity index (χ3v) is 4.10. The highest BCUT2D eigenvalue weighted by molar-refractivity contribution is 7.10. The van der Waals surface area contributed by atoms with Crippen molar-refractivity contribution >= 4 is 17.2 Å². The van der Waals surface area contributed by atoms with E-state index in [-0.39, 0.29) is 11.9 Å². The van der Waals surface area contributed by atoms with Crippen LogP contribution in [0.4, 0.5) is 0 Å². The number of benzene rings is 1. The van der Waals surface area contributed by atoms with Crippen LogP contribution in [0.2, 0.25) is 0 Å². The van der Waals surface area contributed by atoms with Crippen molar-refractivity contribution in [1.82, 2.24) is 5.32 Å². The fourth-order valence-corrected chi connectivity index (χ4v) is 2.90. The highest BCUT2D eigenvalue weighted by atomic mass is 32.1. The molecule has 0 aliphatic heterocycles. The first-order chi connectivity index (χ1) is 9.20.